The van der Waals surface area contributed by atoms with Crippen LogP contribution in [0, 0.1) is 6.92 Å². The first-order valence-corrected chi connectivity index (χ1v) is 8.70. The lowest BCUT2D eigenvalue weighted by Crippen LogP contribution is -2.39. The highest BCUT2D eigenvalue weighted by Gasteiger charge is 2.04. The normalized spacial score (nSPS) is 11.1. The lowest BCUT2D eigenvalue weighted by atomic mass is 10.2. The van der Waals surface area contributed by atoms with Gasteiger partial charge in [0.25, 0.3) is 0 Å². The first-order chi connectivity index (χ1) is 12.6. The molecule has 0 bridgehead atoms. The lowest BCUT2D eigenvalue weighted by Gasteiger charge is -2.12. The molecule has 0 unspecified atom stereocenters. The number of nitrogens with zero attached hydrogens (tertiary/aromatic N) is 1. The molecule has 0 saturated heterocycles. The Hall–Kier alpha value is -2.89. The smallest absolute Gasteiger partial charge is 0.191 e. The zero-order valence-corrected chi connectivity index (χ0v) is 15.6. The fraction of sp³-hybridized carbons (Fsp3) is 0.350. The number of phenols is 1. The van der Waals surface area contributed by atoms with Crippen LogP contribution in [-0.4, -0.2) is 37.9 Å². The summed E-state index contributed by atoms with van der Waals surface area (Å²) in [6.07, 6.45) is 0. The molecule has 0 atom stereocenters. The van der Waals surface area contributed by atoms with Gasteiger partial charge in [0.05, 0.1) is 20.2 Å². The van der Waals surface area contributed by atoms with E-state index >= 15 is 0 Å². The van der Waals surface area contributed by atoms with Gasteiger partial charge in [0, 0.05) is 12.1 Å². The Morgan fingerprint density at radius 2 is 1.81 bits per heavy atom. The number of hydrogen-bond donors (Lipinski definition) is 3. The molecule has 140 valence electrons. The van der Waals surface area contributed by atoms with Crippen LogP contribution in [0.4, 0.5) is 0 Å². The van der Waals surface area contributed by atoms with Crippen LogP contribution in [0.2, 0.25) is 0 Å². The maximum absolute atomic E-state index is 9.95. The maximum atomic E-state index is 9.95. The van der Waals surface area contributed by atoms with Crippen molar-refractivity contribution >= 4 is 5.96 Å². The number of aromatic hydroxyl groups is 1. The summed E-state index contributed by atoms with van der Waals surface area (Å²) in [6, 6.07) is 13.1. The number of nitrogens with one attached hydrogen (secondary N) is 2. The number of phenolic OH excluding ortho intramolecular Hbond substituents is 1. The van der Waals surface area contributed by atoms with Crippen molar-refractivity contribution in [1.29, 1.82) is 0 Å². The number of guanidine groups is 1. The summed E-state index contributed by atoms with van der Waals surface area (Å²) >= 11 is 0. The van der Waals surface area contributed by atoms with Gasteiger partial charge in [-0.25, -0.2) is 4.99 Å². The molecule has 0 heterocycles. The van der Waals surface area contributed by atoms with E-state index in [0.717, 1.165) is 12.3 Å². The quantitative estimate of drug-likeness (QED) is 0.385. The monoisotopic (exact) mass is 357 g/mol. The molecule has 6 heteroatoms. The molecule has 0 aliphatic carbocycles. The van der Waals surface area contributed by atoms with Crippen molar-refractivity contribution in [3.8, 4) is 17.2 Å². The van der Waals surface area contributed by atoms with Gasteiger partial charge in [-0.15, -0.1) is 0 Å². The van der Waals surface area contributed by atoms with Crippen molar-refractivity contribution in [3.63, 3.8) is 0 Å². The molecule has 0 radical (unpaired) electrons. The standard InChI is InChI=1S/C20H27N3O3/c1-4-21-20(22-11-12-26-17-7-5-15(2)6-8-17)23-14-16-13-18(25-3)9-10-19(16)24/h5-10,13,24H,4,11-12,14H2,1-3H3,(H2,21,22,23). The molecule has 0 spiro atoms. The topological polar surface area (TPSA) is 75.1 Å². The SMILES string of the molecule is CCNC(=NCc1cc(OC)ccc1O)NCCOc1ccc(C)cc1. The van der Waals surface area contributed by atoms with E-state index in [1.165, 1.54) is 5.56 Å². The molecule has 2 rings (SSSR count). The van der Waals surface area contributed by atoms with Crippen LogP contribution >= 0.6 is 0 Å². The molecule has 3 N–H and O–H groups in total. The summed E-state index contributed by atoms with van der Waals surface area (Å²) in [7, 11) is 1.60. The van der Waals surface area contributed by atoms with Gasteiger partial charge in [0.1, 0.15) is 23.9 Å². The highest BCUT2D eigenvalue weighted by molar-refractivity contribution is 5.79. The van der Waals surface area contributed by atoms with Crippen LogP contribution in [0.25, 0.3) is 0 Å². The summed E-state index contributed by atoms with van der Waals surface area (Å²) in [5, 5.41) is 16.3. The van der Waals surface area contributed by atoms with Crippen molar-refractivity contribution < 1.29 is 14.6 Å². The Bertz CT molecular complexity index is 715. The average molecular weight is 357 g/mol. The fourth-order valence-electron chi connectivity index (χ4n) is 2.29. The Kier molecular flexibility index (Phi) is 7.61. The molecule has 2 aromatic carbocycles. The Morgan fingerprint density at radius 3 is 2.50 bits per heavy atom. The second kappa shape index (κ2) is 10.2. The van der Waals surface area contributed by atoms with Crippen LogP contribution in [0.5, 0.6) is 17.2 Å². The minimum Gasteiger partial charge on any atom is -0.508 e. The van der Waals surface area contributed by atoms with Gasteiger partial charge >= 0.3 is 0 Å². The molecular weight excluding hydrogens is 330 g/mol. The zero-order chi connectivity index (χ0) is 18.8. The van der Waals surface area contributed by atoms with Crippen molar-refractivity contribution in [2.45, 2.75) is 20.4 Å². The highest BCUT2D eigenvalue weighted by Crippen LogP contribution is 2.23. The van der Waals surface area contributed by atoms with Gasteiger partial charge in [-0.3, -0.25) is 0 Å². The van der Waals surface area contributed by atoms with Crippen LogP contribution in [-0.2, 0) is 6.54 Å². The highest BCUT2D eigenvalue weighted by atomic mass is 16.5. The number of aliphatic imine (C=N–C) groups is 1. The van der Waals surface area contributed by atoms with Crippen LogP contribution in [0.15, 0.2) is 47.5 Å². The molecule has 0 aromatic heterocycles. The molecule has 0 aliphatic heterocycles. The van der Waals surface area contributed by atoms with Gasteiger partial charge in [0.2, 0.25) is 0 Å². The number of methoxy groups -OCH3 is 1. The van der Waals surface area contributed by atoms with Gasteiger partial charge in [-0.05, 0) is 44.2 Å². The molecular formula is C20H27N3O3. The summed E-state index contributed by atoms with van der Waals surface area (Å²) in [6.45, 7) is 6.28. The second-order valence-electron chi connectivity index (χ2n) is 5.78. The Labute approximate surface area is 154 Å². The van der Waals surface area contributed by atoms with E-state index < -0.39 is 0 Å². The Morgan fingerprint density at radius 1 is 1.08 bits per heavy atom. The molecule has 0 aliphatic rings. The molecule has 26 heavy (non-hydrogen) atoms. The van der Waals surface area contributed by atoms with Gasteiger partial charge in [0.15, 0.2) is 5.96 Å². The summed E-state index contributed by atoms with van der Waals surface area (Å²) in [5.41, 5.74) is 1.91. The second-order valence-corrected chi connectivity index (χ2v) is 5.78. The van der Waals surface area contributed by atoms with E-state index in [-0.39, 0.29) is 5.75 Å². The fourth-order valence-corrected chi connectivity index (χ4v) is 2.29. The number of rotatable bonds is 8. The third kappa shape index (κ3) is 6.20. The van der Waals surface area contributed by atoms with Crippen LogP contribution in [0.3, 0.4) is 0 Å². The van der Waals surface area contributed by atoms with E-state index in [9.17, 15) is 5.11 Å². The van der Waals surface area contributed by atoms with E-state index in [2.05, 4.69) is 15.6 Å². The van der Waals surface area contributed by atoms with E-state index in [4.69, 9.17) is 9.47 Å². The summed E-state index contributed by atoms with van der Waals surface area (Å²) in [4.78, 5) is 4.50. The molecule has 0 fully saturated rings. The Balaban J connectivity index is 1.87. The molecule has 0 saturated carbocycles. The van der Waals surface area contributed by atoms with E-state index in [0.29, 0.717) is 37.0 Å². The minimum atomic E-state index is 0.202. The largest absolute Gasteiger partial charge is 0.508 e. The van der Waals surface area contributed by atoms with Crippen molar-refractivity contribution in [1.82, 2.24) is 10.6 Å². The number of aryl methyl sites for hydroxylation is 1. The first kappa shape index (κ1) is 19.4. The number of ether oxygens (including phenoxy) is 2. The predicted molar refractivity (Wildman–Crippen MR) is 104 cm³/mol. The molecule has 6 nitrogen and oxygen atoms in total. The van der Waals surface area contributed by atoms with Gasteiger partial charge in [-0.2, -0.15) is 0 Å². The van der Waals surface area contributed by atoms with Crippen molar-refractivity contribution in [2.75, 3.05) is 26.8 Å². The number of benzene rings is 2. The maximum Gasteiger partial charge on any atom is 0.191 e. The third-order valence-electron chi connectivity index (χ3n) is 3.72. The number of hydrogen-bond acceptors (Lipinski definition) is 4. The van der Waals surface area contributed by atoms with Crippen LogP contribution in [0.1, 0.15) is 18.1 Å². The zero-order valence-electron chi connectivity index (χ0n) is 15.6. The van der Waals surface area contributed by atoms with Gasteiger partial charge in [-0.1, -0.05) is 17.7 Å². The van der Waals surface area contributed by atoms with E-state index in [1.807, 2.05) is 38.1 Å². The summed E-state index contributed by atoms with van der Waals surface area (Å²) in [5.74, 6) is 2.41. The van der Waals surface area contributed by atoms with Crippen LogP contribution < -0.4 is 20.1 Å². The van der Waals surface area contributed by atoms with Gasteiger partial charge < -0.3 is 25.2 Å². The minimum absolute atomic E-state index is 0.202. The average Bonchev–Trinajstić information content (AvgIpc) is 2.65. The molecule has 0 amide bonds. The first-order valence-electron chi connectivity index (χ1n) is 8.70. The van der Waals surface area contributed by atoms with Crippen molar-refractivity contribution in [2.24, 2.45) is 4.99 Å². The third-order valence-corrected chi connectivity index (χ3v) is 3.72. The molecule has 2 aromatic rings. The summed E-state index contributed by atoms with van der Waals surface area (Å²) < 4.78 is 10.9. The van der Waals surface area contributed by atoms with E-state index in [1.54, 1.807) is 25.3 Å². The van der Waals surface area contributed by atoms with Crippen molar-refractivity contribution in [3.05, 3.63) is 53.6 Å². The lowest BCUT2D eigenvalue weighted by molar-refractivity contribution is 0.322. The predicted octanol–water partition coefficient (Wildman–Crippen LogP) is 2.84.